The van der Waals surface area contributed by atoms with Gasteiger partial charge in [0.2, 0.25) is 11.8 Å². The number of fused-ring (bicyclic) bond motifs is 1. The molecule has 170 valence electrons. The lowest BCUT2D eigenvalue weighted by Crippen LogP contribution is -2.43. The molecule has 1 aromatic heterocycles. The molecule has 0 spiro atoms. The number of thioether (sulfide) groups is 1. The van der Waals surface area contributed by atoms with E-state index in [9.17, 15) is 18.8 Å². The summed E-state index contributed by atoms with van der Waals surface area (Å²) in [6.45, 7) is 1.99. The topological polar surface area (TPSA) is 65.4 Å². The van der Waals surface area contributed by atoms with Crippen LogP contribution in [0.15, 0.2) is 23.1 Å². The van der Waals surface area contributed by atoms with Gasteiger partial charge in [-0.3, -0.25) is 9.69 Å². The van der Waals surface area contributed by atoms with E-state index in [1.54, 1.807) is 18.9 Å². The molecule has 2 heterocycles. The summed E-state index contributed by atoms with van der Waals surface area (Å²) in [6.07, 6.45) is 2.82. The summed E-state index contributed by atoms with van der Waals surface area (Å²) in [6, 6.07) is 7.94. The van der Waals surface area contributed by atoms with Crippen LogP contribution in [0.2, 0.25) is 0 Å². The molecule has 1 aromatic carbocycles. The first kappa shape index (κ1) is 23.0. The maximum absolute atomic E-state index is 13.2. The van der Waals surface area contributed by atoms with Gasteiger partial charge in [-0.1, -0.05) is 6.07 Å². The molecule has 0 bridgehead atoms. The molecular weight excluding hydrogens is 452 g/mol. The van der Waals surface area contributed by atoms with Gasteiger partial charge in [0.05, 0.1) is 19.1 Å². The molecule has 1 N–H and O–H groups in total. The van der Waals surface area contributed by atoms with Crippen molar-refractivity contribution in [1.82, 2.24) is 4.90 Å². The molecule has 4 rings (SSSR count). The van der Waals surface area contributed by atoms with Crippen molar-refractivity contribution in [1.29, 1.82) is 5.26 Å². The highest BCUT2D eigenvalue weighted by Crippen LogP contribution is 2.44. The van der Waals surface area contributed by atoms with Gasteiger partial charge >= 0.3 is 0 Å². The van der Waals surface area contributed by atoms with Crippen LogP contribution in [-0.2, 0) is 24.2 Å². The number of alkyl halides is 2. The van der Waals surface area contributed by atoms with E-state index in [4.69, 9.17) is 4.74 Å². The Morgan fingerprint density at radius 3 is 2.88 bits per heavy atom. The maximum Gasteiger partial charge on any atom is 0.248 e. The molecule has 5 nitrogen and oxygen atoms in total. The number of ether oxygens (including phenoxy) is 1. The van der Waals surface area contributed by atoms with Gasteiger partial charge in [-0.2, -0.15) is 5.26 Å². The van der Waals surface area contributed by atoms with Crippen LogP contribution >= 0.6 is 23.1 Å². The highest BCUT2D eigenvalue weighted by molar-refractivity contribution is 7.98. The van der Waals surface area contributed by atoms with Crippen LogP contribution in [-0.4, -0.2) is 43.2 Å². The van der Waals surface area contributed by atoms with E-state index in [-0.39, 0.29) is 31.1 Å². The minimum Gasteiger partial charge on any atom is -0.496 e. The molecule has 2 aromatic rings. The molecule has 0 saturated heterocycles. The summed E-state index contributed by atoms with van der Waals surface area (Å²) >= 11 is 3.03. The molecule has 32 heavy (non-hydrogen) atoms. The summed E-state index contributed by atoms with van der Waals surface area (Å²) in [4.78, 5) is 16.9. The fourth-order valence-electron chi connectivity index (χ4n) is 4.43. The quantitative estimate of drug-likeness (QED) is 0.573. The molecule has 0 unspecified atom stereocenters. The van der Waals surface area contributed by atoms with Crippen molar-refractivity contribution in [3.05, 3.63) is 39.8 Å². The molecule has 1 saturated carbocycles. The van der Waals surface area contributed by atoms with Gasteiger partial charge in [0.25, 0.3) is 0 Å². The van der Waals surface area contributed by atoms with Crippen LogP contribution in [0.25, 0.3) is 0 Å². The Bertz CT molecular complexity index is 1060. The smallest absolute Gasteiger partial charge is 0.248 e. The number of nitrogens with one attached hydrogen (secondary N) is 1. The summed E-state index contributed by atoms with van der Waals surface area (Å²) in [7, 11) is 1.61. The maximum atomic E-state index is 13.2. The largest absolute Gasteiger partial charge is 0.496 e. The summed E-state index contributed by atoms with van der Waals surface area (Å²) < 4.78 is 31.7. The number of nitrogens with zero attached hydrogens (tertiary/aromatic N) is 2. The lowest BCUT2D eigenvalue weighted by atomic mass is 9.81. The van der Waals surface area contributed by atoms with Gasteiger partial charge in [0.1, 0.15) is 16.8 Å². The summed E-state index contributed by atoms with van der Waals surface area (Å²) in [5.74, 6) is -1.95. The zero-order valence-corrected chi connectivity index (χ0v) is 19.7. The van der Waals surface area contributed by atoms with Crippen molar-refractivity contribution in [2.45, 2.75) is 43.0 Å². The van der Waals surface area contributed by atoms with Crippen molar-refractivity contribution >= 4 is 34.0 Å². The minimum absolute atomic E-state index is 0.0179. The van der Waals surface area contributed by atoms with Gasteiger partial charge < -0.3 is 10.1 Å². The number of amides is 1. The Morgan fingerprint density at radius 2 is 2.22 bits per heavy atom. The lowest BCUT2D eigenvalue weighted by molar-refractivity contribution is -0.117. The van der Waals surface area contributed by atoms with Gasteiger partial charge in [-0.05, 0) is 36.3 Å². The first-order chi connectivity index (χ1) is 15.3. The normalized spacial score (nSPS) is 17.8. The molecule has 1 fully saturated rings. The van der Waals surface area contributed by atoms with E-state index in [0.29, 0.717) is 23.7 Å². The van der Waals surface area contributed by atoms with E-state index in [2.05, 4.69) is 16.3 Å². The van der Waals surface area contributed by atoms with Crippen LogP contribution < -0.4 is 10.1 Å². The Labute approximate surface area is 194 Å². The monoisotopic (exact) mass is 477 g/mol. The lowest BCUT2D eigenvalue weighted by Gasteiger charge is -2.39. The fraction of sp³-hybridized carbons (Fsp3) is 0.478. The SMILES string of the molecule is COc1cc(CC(=O)Nc2sc3c(c2C#N)CN(CC2CC(F)(F)C2)CC3)ccc1SC. The number of benzene rings is 1. The molecule has 0 atom stereocenters. The van der Waals surface area contributed by atoms with Gasteiger partial charge in [-0.25, -0.2) is 8.78 Å². The van der Waals surface area contributed by atoms with Crippen molar-refractivity contribution in [3.63, 3.8) is 0 Å². The summed E-state index contributed by atoms with van der Waals surface area (Å²) in [5.41, 5.74) is 2.26. The van der Waals surface area contributed by atoms with E-state index in [1.165, 1.54) is 11.3 Å². The zero-order valence-electron chi connectivity index (χ0n) is 18.0. The van der Waals surface area contributed by atoms with E-state index < -0.39 is 5.92 Å². The van der Waals surface area contributed by atoms with Crippen LogP contribution in [0.1, 0.15) is 34.4 Å². The Morgan fingerprint density at radius 1 is 1.44 bits per heavy atom. The first-order valence-electron chi connectivity index (χ1n) is 10.5. The van der Waals surface area contributed by atoms with E-state index in [1.807, 2.05) is 24.5 Å². The van der Waals surface area contributed by atoms with Gasteiger partial charge in [-0.15, -0.1) is 23.1 Å². The van der Waals surface area contributed by atoms with Crippen LogP contribution in [0, 0.1) is 17.2 Å². The van der Waals surface area contributed by atoms with Crippen molar-refractivity contribution < 1.29 is 18.3 Å². The second-order valence-electron chi connectivity index (χ2n) is 8.35. The number of carbonyl (C=O) groups is 1. The fourth-order valence-corrected chi connectivity index (χ4v) is 6.14. The van der Waals surface area contributed by atoms with Gasteiger partial charge in [0.15, 0.2) is 0 Å². The number of methoxy groups -OCH3 is 1. The molecule has 1 aliphatic heterocycles. The highest BCUT2D eigenvalue weighted by atomic mass is 32.2. The number of anilines is 1. The Balaban J connectivity index is 1.42. The Hall–Kier alpha value is -2.15. The molecule has 0 radical (unpaired) electrons. The first-order valence-corrected chi connectivity index (χ1v) is 12.5. The molecular formula is C23H25F2N3O2S2. The number of hydrogen-bond acceptors (Lipinski definition) is 6. The third-order valence-electron chi connectivity index (χ3n) is 6.00. The number of nitriles is 1. The summed E-state index contributed by atoms with van der Waals surface area (Å²) in [5, 5.41) is 13.2. The van der Waals surface area contributed by atoms with Crippen molar-refractivity contribution in [2.24, 2.45) is 5.92 Å². The highest BCUT2D eigenvalue weighted by Gasteiger charge is 2.45. The number of hydrogen-bond donors (Lipinski definition) is 1. The predicted molar refractivity (Wildman–Crippen MR) is 123 cm³/mol. The number of thiophene rings is 1. The third kappa shape index (κ3) is 4.92. The predicted octanol–water partition coefficient (Wildman–Crippen LogP) is 4.93. The zero-order chi connectivity index (χ0) is 22.9. The molecule has 1 amide bonds. The second-order valence-corrected chi connectivity index (χ2v) is 10.3. The number of halogens is 2. The number of carbonyl (C=O) groups excluding carboxylic acids is 1. The van der Waals surface area contributed by atoms with Crippen molar-refractivity contribution in [3.8, 4) is 11.8 Å². The van der Waals surface area contributed by atoms with Gasteiger partial charge in [0, 0.05) is 47.8 Å². The number of rotatable bonds is 7. The van der Waals surface area contributed by atoms with Crippen molar-refractivity contribution in [2.75, 3.05) is 31.8 Å². The second kappa shape index (κ2) is 9.38. The minimum atomic E-state index is -2.51. The van der Waals surface area contributed by atoms with E-state index >= 15 is 0 Å². The molecule has 2 aliphatic rings. The Kier molecular flexibility index (Phi) is 6.75. The van der Waals surface area contributed by atoms with Crippen LogP contribution in [0.5, 0.6) is 5.75 Å². The average Bonchev–Trinajstić information content (AvgIpc) is 3.08. The van der Waals surface area contributed by atoms with Crippen LogP contribution in [0.3, 0.4) is 0 Å². The van der Waals surface area contributed by atoms with Crippen LogP contribution in [0.4, 0.5) is 13.8 Å². The average molecular weight is 478 g/mol. The molecule has 9 heteroatoms. The molecule has 1 aliphatic carbocycles. The van der Waals surface area contributed by atoms with E-state index in [0.717, 1.165) is 39.6 Å². The standard InChI is InChI=1S/C23H25F2N3O2S2/c1-30-18-7-14(3-4-20(18)31-2)8-21(29)27-22-16(11-26)17-13-28(6-5-19(17)32-22)12-15-9-23(24,25)10-15/h3-4,7,15H,5-6,8-10,12-13H2,1-2H3,(H,27,29). The third-order valence-corrected chi connectivity index (χ3v) is 7.98.